The molecular formula is C42H87N. The quantitative estimate of drug-likeness (QED) is 0.0630. The van der Waals surface area contributed by atoms with Crippen molar-refractivity contribution in [2.75, 3.05) is 19.6 Å². The lowest BCUT2D eigenvalue weighted by Crippen LogP contribution is -2.27. The second kappa shape index (κ2) is 40.0. The van der Waals surface area contributed by atoms with Crippen LogP contribution in [0, 0.1) is 0 Å². The van der Waals surface area contributed by atoms with Crippen molar-refractivity contribution in [2.45, 2.75) is 252 Å². The normalized spacial score (nSPS) is 11.7. The van der Waals surface area contributed by atoms with Gasteiger partial charge in [-0.3, -0.25) is 0 Å². The molecule has 0 amide bonds. The summed E-state index contributed by atoms with van der Waals surface area (Å²) in [4.78, 5) is 2.86. The highest BCUT2D eigenvalue weighted by Crippen LogP contribution is 2.16. The molecule has 0 aliphatic carbocycles. The van der Waals surface area contributed by atoms with E-state index in [1.807, 2.05) is 0 Å². The van der Waals surface area contributed by atoms with E-state index in [-0.39, 0.29) is 0 Å². The van der Waals surface area contributed by atoms with Crippen molar-refractivity contribution in [3.05, 3.63) is 0 Å². The summed E-state index contributed by atoms with van der Waals surface area (Å²) < 4.78 is 0. The minimum atomic E-state index is 1.37. The second-order valence-electron chi connectivity index (χ2n) is 14.5. The van der Waals surface area contributed by atoms with Gasteiger partial charge in [0.15, 0.2) is 0 Å². The second-order valence-corrected chi connectivity index (χ2v) is 14.5. The van der Waals surface area contributed by atoms with Gasteiger partial charge in [0.25, 0.3) is 0 Å². The van der Waals surface area contributed by atoms with E-state index in [1.54, 1.807) is 0 Å². The first-order valence-corrected chi connectivity index (χ1v) is 21.1. The molecule has 0 saturated carbocycles. The van der Waals surface area contributed by atoms with Crippen LogP contribution in [0.5, 0.6) is 0 Å². The topological polar surface area (TPSA) is 3.24 Å². The van der Waals surface area contributed by atoms with Crippen LogP contribution in [-0.4, -0.2) is 24.5 Å². The van der Waals surface area contributed by atoms with Gasteiger partial charge >= 0.3 is 0 Å². The molecule has 0 aromatic rings. The third-order valence-electron chi connectivity index (χ3n) is 9.98. The van der Waals surface area contributed by atoms with Crippen LogP contribution in [-0.2, 0) is 0 Å². The van der Waals surface area contributed by atoms with Gasteiger partial charge in [0.05, 0.1) is 0 Å². The maximum Gasteiger partial charge on any atom is -0.00187 e. The fourth-order valence-electron chi connectivity index (χ4n) is 6.86. The Bertz CT molecular complexity index is 393. The summed E-state index contributed by atoms with van der Waals surface area (Å²) in [5.74, 6) is 0. The Morgan fingerprint density at radius 1 is 0.186 bits per heavy atom. The van der Waals surface area contributed by atoms with Crippen LogP contribution in [0.4, 0.5) is 0 Å². The SMILES string of the molecule is CCCCCCCCCCCCCCN(CCCCCCCCCCCCCC)CCCCCCCCCCCCCC. The minimum absolute atomic E-state index is 1.37. The van der Waals surface area contributed by atoms with E-state index in [0.717, 1.165) is 0 Å². The smallest absolute Gasteiger partial charge is 0.00187 e. The van der Waals surface area contributed by atoms with Crippen molar-refractivity contribution in [1.82, 2.24) is 4.90 Å². The standard InChI is InChI=1S/C42H87N/c1-4-7-10-13-16-19-22-25-28-31-34-37-40-43(41-38-35-32-29-26-23-20-17-14-11-8-5-2)42-39-36-33-30-27-24-21-18-15-12-9-6-3/h4-42H2,1-3H3. The Hall–Kier alpha value is -0.0400. The third kappa shape index (κ3) is 38.1. The molecule has 0 aromatic heterocycles. The predicted octanol–water partition coefficient (Wildman–Crippen LogP) is 15.4. The first kappa shape index (κ1) is 43.0. The minimum Gasteiger partial charge on any atom is -0.303 e. The third-order valence-corrected chi connectivity index (χ3v) is 9.98. The molecule has 0 N–H and O–H groups in total. The molecule has 0 aliphatic heterocycles. The van der Waals surface area contributed by atoms with Crippen LogP contribution in [0.25, 0.3) is 0 Å². The summed E-state index contributed by atoms with van der Waals surface area (Å²) >= 11 is 0. The molecule has 0 atom stereocenters. The number of unbranched alkanes of at least 4 members (excludes halogenated alkanes) is 33. The van der Waals surface area contributed by atoms with Gasteiger partial charge in [0.2, 0.25) is 0 Å². The van der Waals surface area contributed by atoms with Gasteiger partial charge in [-0.2, -0.15) is 0 Å². The molecule has 0 aromatic carbocycles. The van der Waals surface area contributed by atoms with Gasteiger partial charge in [0, 0.05) is 0 Å². The maximum atomic E-state index is 2.86. The largest absolute Gasteiger partial charge is 0.303 e. The van der Waals surface area contributed by atoms with Crippen LogP contribution in [0.3, 0.4) is 0 Å². The molecule has 0 saturated heterocycles. The lowest BCUT2D eigenvalue weighted by atomic mass is 10.0. The molecule has 0 aliphatic rings. The van der Waals surface area contributed by atoms with Crippen molar-refractivity contribution in [3.63, 3.8) is 0 Å². The summed E-state index contributed by atoms with van der Waals surface area (Å²) in [6, 6.07) is 0. The lowest BCUT2D eigenvalue weighted by Gasteiger charge is -2.22. The fraction of sp³-hybridized carbons (Fsp3) is 1.00. The van der Waals surface area contributed by atoms with Crippen molar-refractivity contribution in [1.29, 1.82) is 0 Å². The first-order chi connectivity index (χ1) is 21.3. The zero-order valence-electron chi connectivity index (χ0n) is 31.0. The van der Waals surface area contributed by atoms with Gasteiger partial charge in [-0.1, -0.05) is 233 Å². The Morgan fingerprint density at radius 3 is 0.488 bits per heavy atom. The summed E-state index contributed by atoms with van der Waals surface area (Å²) in [7, 11) is 0. The summed E-state index contributed by atoms with van der Waals surface area (Å²) in [6.45, 7) is 11.1. The molecule has 0 radical (unpaired) electrons. The molecular weight excluding hydrogens is 518 g/mol. The average Bonchev–Trinajstić information content (AvgIpc) is 3.02. The molecule has 0 spiro atoms. The van der Waals surface area contributed by atoms with E-state index in [0.29, 0.717) is 0 Å². The molecule has 43 heavy (non-hydrogen) atoms. The van der Waals surface area contributed by atoms with Crippen molar-refractivity contribution >= 4 is 0 Å². The van der Waals surface area contributed by atoms with Gasteiger partial charge in [-0.25, -0.2) is 0 Å². The molecule has 0 fully saturated rings. The van der Waals surface area contributed by atoms with E-state index >= 15 is 0 Å². The zero-order chi connectivity index (χ0) is 31.2. The van der Waals surface area contributed by atoms with E-state index in [1.165, 1.54) is 251 Å². The average molecular weight is 606 g/mol. The van der Waals surface area contributed by atoms with Crippen LogP contribution in [0.15, 0.2) is 0 Å². The molecule has 0 rings (SSSR count). The highest BCUT2D eigenvalue weighted by Gasteiger charge is 2.05. The molecule has 0 bridgehead atoms. The number of rotatable bonds is 39. The highest BCUT2D eigenvalue weighted by atomic mass is 15.1. The van der Waals surface area contributed by atoms with E-state index in [9.17, 15) is 0 Å². The van der Waals surface area contributed by atoms with E-state index < -0.39 is 0 Å². The predicted molar refractivity (Wildman–Crippen MR) is 200 cm³/mol. The first-order valence-electron chi connectivity index (χ1n) is 21.1. The Labute approximate surface area is 275 Å². The van der Waals surface area contributed by atoms with Gasteiger partial charge in [0.1, 0.15) is 0 Å². The monoisotopic (exact) mass is 606 g/mol. The number of hydrogen-bond donors (Lipinski definition) is 0. The molecule has 1 heteroatoms. The molecule has 0 heterocycles. The molecule has 0 unspecified atom stereocenters. The van der Waals surface area contributed by atoms with Gasteiger partial charge < -0.3 is 4.90 Å². The zero-order valence-corrected chi connectivity index (χ0v) is 31.0. The van der Waals surface area contributed by atoms with E-state index in [2.05, 4.69) is 25.7 Å². The van der Waals surface area contributed by atoms with Crippen molar-refractivity contribution < 1.29 is 0 Å². The fourth-order valence-corrected chi connectivity index (χ4v) is 6.86. The summed E-state index contributed by atoms with van der Waals surface area (Å²) in [6.07, 6.45) is 52.6. The van der Waals surface area contributed by atoms with Crippen molar-refractivity contribution in [2.24, 2.45) is 0 Å². The van der Waals surface area contributed by atoms with Gasteiger partial charge in [-0.05, 0) is 38.9 Å². The van der Waals surface area contributed by atoms with Crippen LogP contribution >= 0.6 is 0 Å². The molecule has 1 nitrogen and oxygen atoms in total. The van der Waals surface area contributed by atoms with E-state index in [4.69, 9.17) is 0 Å². The Morgan fingerprint density at radius 2 is 0.326 bits per heavy atom. The molecule has 260 valence electrons. The van der Waals surface area contributed by atoms with Crippen LogP contribution in [0.1, 0.15) is 252 Å². The highest BCUT2D eigenvalue weighted by molar-refractivity contribution is 4.61. The Balaban J connectivity index is 3.90. The Kier molecular flexibility index (Phi) is 39.9. The van der Waals surface area contributed by atoms with Gasteiger partial charge in [-0.15, -0.1) is 0 Å². The number of hydrogen-bond acceptors (Lipinski definition) is 1. The van der Waals surface area contributed by atoms with Crippen molar-refractivity contribution in [3.8, 4) is 0 Å². The van der Waals surface area contributed by atoms with Crippen LogP contribution in [0.2, 0.25) is 0 Å². The maximum absolute atomic E-state index is 2.86. The summed E-state index contributed by atoms with van der Waals surface area (Å²) in [5.41, 5.74) is 0. The summed E-state index contributed by atoms with van der Waals surface area (Å²) in [5, 5.41) is 0. The van der Waals surface area contributed by atoms with Crippen LogP contribution < -0.4 is 0 Å². The number of nitrogens with zero attached hydrogens (tertiary/aromatic N) is 1. The lowest BCUT2D eigenvalue weighted by molar-refractivity contribution is 0.254.